The van der Waals surface area contributed by atoms with Crippen LogP contribution in [0.25, 0.3) is 0 Å². The van der Waals surface area contributed by atoms with E-state index in [4.69, 9.17) is 27.9 Å². The van der Waals surface area contributed by atoms with Gasteiger partial charge >= 0.3 is 0 Å². The van der Waals surface area contributed by atoms with Gasteiger partial charge in [0.1, 0.15) is 5.75 Å². The number of hydrogen-bond acceptors (Lipinski definition) is 5. The van der Waals surface area contributed by atoms with Crippen LogP contribution in [0.3, 0.4) is 0 Å². The predicted octanol–water partition coefficient (Wildman–Crippen LogP) is 6.16. The van der Waals surface area contributed by atoms with Crippen molar-refractivity contribution >= 4 is 51.0 Å². The molecule has 4 rings (SSSR count). The molecule has 0 bridgehead atoms. The number of anilines is 1. The van der Waals surface area contributed by atoms with Crippen LogP contribution in [0.2, 0.25) is 10.0 Å². The van der Waals surface area contributed by atoms with Gasteiger partial charge in [-0.15, -0.1) is 0 Å². The number of rotatable bonds is 9. The van der Waals surface area contributed by atoms with Crippen LogP contribution in [0, 0.1) is 0 Å². The number of hydrazone groups is 1. The van der Waals surface area contributed by atoms with Crippen LogP contribution in [0.5, 0.6) is 5.75 Å². The molecule has 194 valence electrons. The van der Waals surface area contributed by atoms with E-state index in [0.717, 1.165) is 5.56 Å². The highest BCUT2D eigenvalue weighted by Crippen LogP contribution is 2.30. The summed E-state index contributed by atoms with van der Waals surface area (Å²) < 4.78 is 34.1. The summed E-state index contributed by atoms with van der Waals surface area (Å²) in [5, 5.41) is 4.73. The fourth-order valence-corrected chi connectivity index (χ4v) is 5.62. The average Bonchev–Trinajstić information content (AvgIpc) is 2.93. The van der Waals surface area contributed by atoms with Gasteiger partial charge in [-0.05, 0) is 54.1 Å². The van der Waals surface area contributed by atoms with Crippen LogP contribution >= 0.6 is 23.2 Å². The molecule has 1 amide bonds. The molecule has 0 radical (unpaired) electrons. The van der Waals surface area contributed by atoms with Gasteiger partial charge in [0.05, 0.1) is 46.1 Å². The monoisotopic (exact) mass is 567 g/mol. The summed E-state index contributed by atoms with van der Waals surface area (Å²) in [6, 6.07) is 26.6. The number of carbonyl (C=O) groups is 1. The number of halogens is 2. The van der Waals surface area contributed by atoms with E-state index in [0.29, 0.717) is 21.4 Å². The molecule has 4 aromatic rings. The quantitative estimate of drug-likeness (QED) is 0.194. The first kappa shape index (κ1) is 27.2. The van der Waals surface area contributed by atoms with Crippen LogP contribution in [-0.4, -0.2) is 27.6 Å². The Labute approximate surface area is 231 Å². The fraction of sp³-hybridized carbons (Fsp3) is 0.0714. The number of sulfonamides is 1. The second-order valence-corrected chi connectivity index (χ2v) is 10.7. The third-order valence-corrected chi connectivity index (χ3v) is 8.03. The van der Waals surface area contributed by atoms with Gasteiger partial charge in [0, 0.05) is 5.56 Å². The minimum atomic E-state index is -4.08. The number of benzene rings is 4. The second-order valence-electron chi connectivity index (χ2n) is 8.02. The molecule has 10 heteroatoms. The molecule has 0 fully saturated rings. The maximum absolute atomic E-state index is 13.9. The molecule has 0 unspecified atom stereocenters. The van der Waals surface area contributed by atoms with E-state index in [2.05, 4.69) is 10.5 Å². The molecule has 0 aliphatic heterocycles. The number of ether oxygens (including phenoxy) is 1. The van der Waals surface area contributed by atoms with Gasteiger partial charge in [0.2, 0.25) is 0 Å². The topological polar surface area (TPSA) is 88.1 Å². The Morgan fingerprint density at radius 3 is 2.18 bits per heavy atom. The second kappa shape index (κ2) is 12.1. The van der Waals surface area contributed by atoms with Crippen molar-refractivity contribution in [2.45, 2.75) is 11.4 Å². The zero-order valence-electron chi connectivity index (χ0n) is 20.2. The zero-order chi connectivity index (χ0) is 27.1. The normalized spacial score (nSPS) is 11.3. The smallest absolute Gasteiger partial charge is 0.273 e. The van der Waals surface area contributed by atoms with E-state index in [9.17, 15) is 13.2 Å². The molecular formula is C28H23Cl2N3O4S. The van der Waals surface area contributed by atoms with Gasteiger partial charge in [0.15, 0.2) is 0 Å². The van der Waals surface area contributed by atoms with Crippen molar-refractivity contribution in [1.29, 1.82) is 0 Å². The number of amides is 1. The van der Waals surface area contributed by atoms with Gasteiger partial charge in [-0.3, -0.25) is 9.10 Å². The van der Waals surface area contributed by atoms with Crippen molar-refractivity contribution in [1.82, 2.24) is 5.43 Å². The molecule has 0 aromatic heterocycles. The standard InChI is InChI=1S/C28H23Cl2N3O4S/c1-37-21-14-16-22(17-15-21)38(35,36)33(19-20-8-3-2-4-9-20)27-13-6-5-10-23(27)28(34)32-31-18-24-25(29)11-7-12-26(24)30/h2-18H,19H2,1H3,(H,32,34)/b31-18-. The van der Waals surface area contributed by atoms with E-state index < -0.39 is 15.9 Å². The summed E-state index contributed by atoms with van der Waals surface area (Å²) in [6.45, 7) is -0.00199. The third kappa shape index (κ3) is 6.16. The first-order chi connectivity index (χ1) is 18.3. The highest BCUT2D eigenvalue weighted by molar-refractivity contribution is 7.92. The number of nitrogens with one attached hydrogen (secondary N) is 1. The molecule has 0 spiro atoms. The van der Waals surface area contributed by atoms with E-state index >= 15 is 0 Å². The minimum Gasteiger partial charge on any atom is -0.497 e. The van der Waals surface area contributed by atoms with Crippen LogP contribution in [0.4, 0.5) is 5.69 Å². The molecule has 38 heavy (non-hydrogen) atoms. The lowest BCUT2D eigenvalue weighted by atomic mass is 10.1. The van der Waals surface area contributed by atoms with Crippen LogP contribution < -0.4 is 14.5 Å². The average molecular weight is 568 g/mol. The fourth-order valence-electron chi connectivity index (χ4n) is 3.66. The van der Waals surface area contributed by atoms with E-state index in [1.807, 2.05) is 30.3 Å². The van der Waals surface area contributed by atoms with E-state index in [-0.39, 0.29) is 22.7 Å². The molecule has 7 nitrogen and oxygen atoms in total. The Morgan fingerprint density at radius 1 is 0.895 bits per heavy atom. The predicted molar refractivity (Wildman–Crippen MR) is 151 cm³/mol. The van der Waals surface area contributed by atoms with Crippen molar-refractivity contribution in [2.75, 3.05) is 11.4 Å². The third-order valence-electron chi connectivity index (χ3n) is 5.59. The summed E-state index contributed by atoms with van der Waals surface area (Å²) in [7, 11) is -2.58. The molecule has 0 atom stereocenters. The summed E-state index contributed by atoms with van der Waals surface area (Å²) in [6.07, 6.45) is 1.33. The lowest BCUT2D eigenvalue weighted by molar-refractivity contribution is 0.0955. The van der Waals surface area contributed by atoms with Crippen molar-refractivity contribution in [3.8, 4) is 5.75 Å². The molecule has 1 N–H and O–H groups in total. The Hall–Kier alpha value is -3.85. The van der Waals surface area contributed by atoms with Crippen molar-refractivity contribution in [3.05, 3.63) is 124 Å². The maximum Gasteiger partial charge on any atom is 0.273 e. The number of carbonyl (C=O) groups excluding carboxylic acids is 1. The van der Waals surface area contributed by atoms with Crippen molar-refractivity contribution in [2.24, 2.45) is 5.10 Å². The van der Waals surface area contributed by atoms with Crippen LogP contribution in [0.1, 0.15) is 21.5 Å². The molecule has 4 aromatic carbocycles. The molecule has 0 aliphatic carbocycles. The first-order valence-electron chi connectivity index (χ1n) is 11.4. The van der Waals surface area contributed by atoms with Gasteiger partial charge in [0.25, 0.3) is 15.9 Å². The van der Waals surface area contributed by atoms with Gasteiger partial charge in [-0.1, -0.05) is 71.7 Å². The summed E-state index contributed by atoms with van der Waals surface area (Å²) in [5.41, 5.74) is 3.93. The largest absolute Gasteiger partial charge is 0.497 e. The highest BCUT2D eigenvalue weighted by Gasteiger charge is 2.28. The minimum absolute atomic E-state index is 0.00199. The number of methoxy groups -OCH3 is 1. The van der Waals surface area contributed by atoms with Crippen molar-refractivity contribution < 1.29 is 17.9 Å². The Kier molecular flexibility index (Phi) is 8.68. The zero-order valence-corrected chi connectivity index (χ0v) is 22.5. The summed E-state index contributed by atoms with van der Waals surface area (Å²) in [4.78, 5) is 13.3. The lowest BCUT2D eigenvalue weighted by Gasteiger charge is -2.26. The summed E-state index contributed by atoms with van der Waals surface area (Å²) in [5.74, 6) is -0.0853. The van der Waals surface area contributed by atoms with Gasteiger partial charge < -0.3 is 4.74 Å². The highest BCUT2D eigenvalue weighted by atomic mass is 35.5. The molecule has 0 heterocycles. The van der Waals surface area contributed by atoms with Gasteiger partial charge in [-0.25, -0.2) is 13.8 Å². The lowest BCUT2D eigenvalue weighted by Crippen LogP contribution is -2.33. The Balaban J connectivity index is 1.71. The Morgan fingerprint density at radius 2 is 1.53 bits per heavy atom. The van der Waals surface area contributed by atoms with E-state index in [1.54, 1.807) is 48.5 Å². The van der Waals surface area contributed by atoms with Crippen molar-refractivity contribution in [3.63, 3.8) is 0 Å². The number of nitrogens with zero attached hydrogens (tertiary/aromatic N) is 2. The van der Waals surface area contributed by atoms with Crippen LogP contribution in [0.15, 0.2) is 107 Å². The van der Waals surface area contributed by atoms with Gasteiger partial charge in [-0.2, -0.15) is 5.10 Å². The molecular weight excluding hydrogens is 545 g/mol. The first-order valence-corrected chi connectivity index (χ1v) is 13.6. The Bertz CT molecular complexity index is 1540. The molecule has 0 saturated carbocycles. The number of hydrogen-bond donors (Lipinski definition) is 1. The summed E-state index contributed by atoms with van der Waals surface area (Å²) >= 11 is 12.3. The SMILES string of the molecule is COc1ccc(S(=O)(=O)N(Cc2ccccc2)c2ccccc2C(=O)N/N=C\c2c(Cl)cccc2Cl)cc1. The number of para-hydroxylation sites is 1. The molecule has 0 saturated heterocycles. The molecule has 0 aliphatic rings. The maximum atomic E-state index is 13.9. The van der Waals surface area contributed by atoms with Crippen LogP contribution in [-0.2, 0) is 16.6 Å². The van der Waals surface area contributed by atoms with E-state index in [1.165, 1.54) is 35.8 Å².